The van der Waals surface area contributed by atoms with Crippen LogP contribution in [0, 0.1) is 25.7 Å². The number of hydrogen-bond donors (Lipinski definition) is 1. The summed E-state index contributed by atoms with van der Waals surface area (Å²) in [5.74, 6) is -0.562. The highest BCUT2D eigenvalue weighted by Gasteiger charge is 2.47. The molecule has 2 amide bonds. The third-order valence-corrected chi connectivity index (χ3v) is 7.80. The second-order valence-electron chi connectivity index (χ2n) is 8.67. The number of carbonyl (C=O) groups excluding carboxylic acids is 2. The molecule has 2 fully saturated rings. The van der Waals surface area contributed by atoms with Crippen molar-refractivity contribution in [3.8, 4) is 5.75 Å². The predicted molar refractivity (Wildman–Crippen MR) is 121 cm³/mol. The number of hydrogen-bond acceptors (Lipinski definition) is 5. The van der Waals surface area contributed by atoms with Crippen LogP contribution >= 0.6 is 0 Å². The first kappa shape index (κ1) is 22.3. The average Bonchev–Trinajstić information content (AvgIpc) is 3.01. The molecule has 170 valence electrons. The first-order valence-electron chi connectivity index (χ1n) is 10.8. The van der Waals surface area contributed by atoms with Gasteiger partial charge in [0.05, 0.1) is 31.2 Å². The lowest BCUT2D eigenvalue weighted by atomic mass is 9.81. The molecule has 0 bridgehead atoms. The van der Waals surface area contributed by atoms with Gasteiger partial charge in [0.1, 0.15) is 10.6 Å². The van der Waals surface area contributed by atoms with E-state index >= 15 is 0 Å². The van der Waals surface area contributed by atoms with Gasteiger partial charge < -0.3 is 4.74 Å². The second-order valence-corrected chi connectivity index (χ2v) is 10.3. The third kappa shape index (κ3) is 4.11. The van der Waals surface area contributed by atoms with Gasteiger partial charge in [-0.05, 0) is 56.0 Å². The van der Waals surface area contributed by atoms with E-state index < -0.39 is 10.0 Å². The molecule has 32 heavy (non-hydrogen) atoms. The van der Waals surface area contributed by atoms with Crippen molar-refractivity contribution in [2.24, 2.45) is 11.8 Å². The summed E-state index contributed by atoms with van der Waals surface area (Å²) in [6.07, 6.45) is 3.41. The molecule has 1 aliphatic heterocycles. The van der Waals surface area contributed by atoms with E-state index in [0.717, 1.165) is 36.8 Å². The van der Waals surface area contributed by atoms with Gasteiger partial charge >= 0.3 is 0 Å². The van der Waals surface area contributed by atoms with Gasteiger partial charge in [-0.25, -0.2) is 8.42 Å². The minimum absolute atomic E-state index is 0.0333. The second kappa shape index (κ2) is 8.58. The standard InChI is InChI=1S/C24H28N2O5S/c1-15-8-10-20(16(2)12-15)25-32(29,30)22-13-17(9-11-21(22)31-3)14-26-23(27)18-6-4-5-7-19(18)24(26)28/h8-13,18-19,25H,4-7,14H2,1-3H3. The van der Waals surface area contributed by atoms with E-state index in [2.05, 4.69) is 4.72 Å². The fourth-order valence-electron chi connectivity index (χ4n) is 4.73. The quantitative estimate of drug-likeness (QED) is 0.668. The van der Waals surface area contributed by atoms with Crippen LogP contribution in [-0.4, -0.2) is 32.2 Å². The summed E-state index contributed by atoms with van der Waals surface area (Å²) in [7, 11) is -2.55. The molecule has 1 aliphatic carbocycles. The Balaban J connectivity index is 1.63. The highest BCUT2D eigenvalue weighted by atomic mass is 32.2. The normalized spacial score (nSPS) is 20.9. The molecule has 0 aromatic heterocycles. The van der Waals surface area contributed by atoms with Crippen molar-refractivity contribution in [1.82, 2.24) is 4.90 Å². The lowest BCUT2D eigenvalue weighted by Crippen LogP contribution is -2.30. The number of imide groups is 1. The van der Waals surface area contributed by atoms with E-state index in [1.807, 2.05) is 26.0 Å². The van der Waals surface area contributed by atoms with Gasteiger partial charge in [-0.15, -0.1) is 0 Å². The number of nitrogens with zero attached hydrogens (tertiary/aromatic N) is 1. The molecule has 2 aromatic carbocycles. The van der Waals surface area contributed by atoms with Crippen molar-refractivity contribution in [2.75, 3.05) is 11.8 Å². The number of anilines is 1. The first-order valence-corrected chi connectivity index (χ1v) is 12.3. The zero-order valence-corrected chi connectivity index (χ0v) is 19.4. The number of carbonyl (C=O) groups is 2. The summed E-state index contributed by atoms with van der Waals surface area (Å²) in [5, 5.41) is 0. The van der Waals surface area contributed by atoms with Crippen LogP contribution in [-0.2, 0) is 26.2 Å². The largest absolute Gasteiger partial charge is 0.495 e. The molecule has 4 rings (SSSR count). The van der Waals surface area contributed by atoms with E-state index in [1.54, 1.807) is 18.2 Å². The Morgan fingerprint density at radius 1 is 1.00 bits per heavy atom. The molecule has 2 atom stereocenters. The van der Waals surface area contributed by atoms with Crippen molar-refractivity contribution in [3.63, 3.8) is 0 Å². The van der Waals surface area contributed by atoms with Crippen LogP contribution in [0.5, 0.6) is 5.75 Å². The van der Waals surface area contributed by atoms with Crippen LogP contribution in [0.3, 0.4) is 0 Å². The molecule has 2 aromatic rings. The molecule has 1 heterocycles. The lowest BCUT2D eigenvalue weighted by molar-refractivity contribution is -0.140. The Morgan fingerprint density at radius 2 is 1.66 bits per heavy atom. The van der Waals surface area contributed by atoms with Crippen LogP contribution in [0.4, 0.5) is 5.69 Å². The Bertz CT molecular complexity index is 1150. The van der Waals surface area contributed by atoms with Crippen LogP contribution in [0.1, 0.15) is 42.4 Å². The number of fused-ring (bicyclic) bond motifs is 1. The Kier molecular flexibility index (Phi) is 5.99. The topological polar surface area (TPSA) is 92.8 Å². The molecule has 0 radical (unpaired) electrons. The average molecular weight is 457 g/mol. The molecule has 2 unspecified atom stereocenters. The number of nitrogens with one attached hydrogen (secondary N) is 1. The van der Waals surface area contributed by atoms with Gasteiger partial charge in [0.15, 0.2) is 0 Å². The van der Waals surface area contributed by atoms with Crippen molar-refractivity contribution >= 4 is 27.5 Å². The van der Waals surface area contributed by atoms with Crippen molar-refractivity contribution in [3.05, 3.63) is 53.1 Å². The monoisotopic (exact) mass is 456 g/mol. The fraction of sp³-hybridized carbons (Fsp3) is 0.417. The Morgan fingerprint density at radius 3 is 2.25 bits per heavy atom. The van der Waals surface area contributed by atoms with E-state index in [0.29, 0.717) is 11.3 Å². The maximum atomic E-state index is 13.2. The fourth-order valence-corrected chi connectivity index (χ4v) is 6.08. The maximum Gasteiger partial charge on any atom is 0.265 e. The lowest BCUT2D eigenvalue weighted by Gasteiger charge is -2.19. The highest BCUT2D eigenvalue weighted by molar-refractivity contribution is 7.92. The van der Waals surface area contributed by atoms with E-state index in [4.69, 9.17) is 4.74 Å². The van der Waals surface area contributed by atoms with E-state index in [1.165, 1.54) is 18.1 Å². The smallest absolute Gasteiger partial charge is 0.265 e. The minimum atomic E-state index is -3.96. The zero-order valence-electron chi connectivity index (χ0n) is 18.6. The maximum absolute atomic E-state index is 13.2. The Labute approximate surface area is 188 Å². The number of ether oxygens (including phenoxy) is 1. The van der Waals surface area contributed by atoms with Crippen LogP contribution in [0.2, 0.25) is 0 Å². The minimum Gasteiger partial charge on any atom is -0.495 e. The van der Waals surface area contributed by atoms with Crippen molar-refractivity contribution in [2.45, 2.75) is 51.0 Å². The van der Waals surface area contributed by atoms with Crippen molar-refractivity contribution < 1.29 is 22.7 Å². The summed E-state index contributed by atoms with van der Waals surface area (Å²) >= 11 is 0. The summed E-state index contributed by atoms with van der Waals surface area (Å²) in [4.78, 5) is 26.9. The van der Waals surface area contributed by atoms with Gasteiger partial charge in [0, 0.05) is 0 Å². The highest BCUT2D eigenvalue weighted by Crippen LogP contribution is 2.39. The Hall–Kier alpha value is -2.87. The number of amides is 2. The van der Waals surface area contributed by atoms with Gasteiger partial charge in [-0.2, -0.15) is 0 Å². The SMILES string of the molecule is COc1ccc(CN2C(=O)C3CCCCC3C2=O)cc1S(=O)(=O)Nc1ccc(C)cc1C. The van der Waals surface area contributed by atoms with Crippen LogP contribution < -0.4 is 9.46 Å². The summed E-state index contributed by atoms with van der Waals surface area (Å²) in [6.45, 7) is 3.83. The van der Waals surface area contributed by atoms with E-state index in [9.17, 15) is 18.0 Å². The number of aryl methyl sites for hydroxylation is 2. The van der Waals surface area contributed by atoms with Crippen LogP contribution in [0.15, 0.2) is 41.3 Å². The molecular weight excluding hydrogens is 428 g/mol. The van der Waals surface area contributed by atoms with Crippen molar-refractivity contribution in [1.29, 1.82) is 0 Å². The molecule has 1 saturated carbocycles. The number of rotatable bonds is 6. The molecular formula is C24H28N2O5S. The van der Waals surface area contributed by atoms with Gasteiger partial charge in [-0.3, -0.25) is 19.2 Å². The van der Waals surface area contributed by atoms with Crippen LogP contribution in [0.25, 0.3) is 0 Å². The number of sulfonamides is 1. The number of likely N-dealkylation sites (tertiary alicyclic amines) is 1. The summed E-state index contributed by atoms with van der Waals surface area (Å²) in [5.41, 5.74) is 2.88. The number of benzene rings is 2. The van der Waals surface area contributed by atoms with E-state index in [-0.39, 0.29) is 40.8 Å². The summed E-state index contributed by atoms with van der Waals surface area (Å²) in [6, 6.07) is 10.2. The molecule has 0 spiro atoms. The molecule has 2 aliphatic rings. The zero-order chi connectivity index (χ0) is 23.0. The van der Waals surface area contributed by atoms with Gasteiger partial charge in [0.25, 0.3) is 10.0 Å². The summed E-state index contributed by atoms with van der Waals surface area (Å²) < 4.78 is 34.3. The molecule has 7 nitrogen and oxygen atoms in total. The van der Waals surface area contributed by atoms with Gasteiger partial charge in [0.2, 0.25) is 11.8 Å². The number of methoxy groups -OCH3 is 1. The molecule has 8 heteroatoms. The molecule has 1 saturated heterocycles. The predicted octanol–water partition coefficient (Wildman–Crippen LogP) is 3.79. The molecule has 1 N–H and O–H groups in total. The first-order chi connectivity index (χ1) is 15.2. The van der Waals surface area contributed by atoms with Gasteiger partial charge in [-0.1, -0.05) is 36.6 Å². The third-order valence-electron chi connectivity index (χ3n) is 6.42.